The Labute approximate surface area is 287 Å². The van der Waals surface area contributed by atoms with Gasteiger partial charge in [0.05, 0.1) is 0 Å². The number of furan rings is 2. The summed E-state index contributed by atoms with van der Waals surface area (Å²) in [4.78, 5) is 0. The van der Waals surface area contributed by atoms with E-state index in [1.54, 1.807) is 12.1 Å². The van der Waals surface area contributed by atoms with Gasteiger partial charge in [-0.05, 0) is 70.9 Å². The lowest BCUT2D eigenvalue weighted by atomic mass is 9.87. The van der Waals surface area contributed by atoms with E-state index < -0.39 is 58.6 Å². The molecule has 0 saturated carbocycles. The van der Waals surface area contributed by atoms with Crippen LogP contribution >= 0.6 is 0 Å². The van der Waals surface area contributed by atoms with Gasteiger partial charge in [-0.3, -0.25) is 0 Å². The van der Waals surface area contributed by atoms with Crippen LogP contribution in [0, 0.1) is 6.92 Å². The number of rotatable bonds is 7. The molecule has 0 radical (unpaired) electrons. The van der Waals surface area contributed by atoms with Crippen LogP contribution in [0.1, 0.15) is 11.1 Å². The predicted molar refractivity (Wildman–Crippen MR) is 160 cm³/mol. The molecule has 5 aromatic carbocycles. The highest BCUT2D eigenvalue weighted by molar-refractivity contribution is 6.18. The van der Waals surface area contributed by atoms with E-state index in [-0.39, 0.29) is 34.1 Å². The molecule has 0 aliphatic carbocycles. The normalized spacial score (nSPS) is 14.9. The van der Waals surface area contributed by atoms with Crippen molar-refractivity contribution >= 4 is 65.4 Å². The fourth-order valence-corrected chi connectivity index (χ4v) is 6.19. The van der Waals surface area contributed by atoms with Gasteiger partial charge in [-0.1, -0.05) is 35.9 Å². The third kappa shape index (κ3) is 4.67. The number of alkyl halides is 17. The van der Waals surface area contributed by atoms with Crippen molar-refractivity contribution in [1.29, 1.82) is 0 Å². The molecule has 0 amide bonds. The Morgan fingerprint density at radius 1 is 0.352 bits per heavy atom. The molecule has 0 atom stereocenters. The molecule has 54 heavy (non-hydrogen) atoms. The average Bonchev–Trinajstić information content (AvgIpc) is 3.59. The minimum absolute atomic E-state index is 0.0147. The Morgan fingerprint density at radius 3 is 1.19 bits per heavy atom. The smallest absolute Gasteiger partial charge is 0.456 e. The summed E-state index contributed by atoms with van der Waals surface area (Å²) < 4.78 is 247. The van der Waals surface area contributed by atoms with Gasteiger partial charge in [0.2, 0.25) is 0 Å². The lowest BCUT2D eigenvalue weighted by Gasteiger charge is -2.42. The Balaban J connectivity index is 1.29. The topological polar surface area (TPSA) is 26.3 Å². The average molecular weight is 790 g/mol. The number of fused-ring (bicyclic) bond motifs is 8. The van der Waals surface area contributed by atoms with Crippen LogP contribution in [0.3, 0.4) is 0 Å². The summed E-state index contributed by atoms with van der Waals surface area (Å²) in [6, 6.07) is 15.3. The van der Waals surface area contributed by atoms with E-state index in [0.717, 1.165) is 22.4 Å². The number of hydrogen-bond donors (Lipinski definition) is 0. The molecule has 286 valence electrons. The highest BCUT2D eigenvalue weighted by atomic mass is 19.4. The molecule has 2 heterocycles. The number of benzene rings is 5. The van der Waals surface area contributed by atoms with E-state index in [9.17, 15) is 65.9 Å². The molecule has 0 unspecified atom stereocenters. The Kier molecular flexibility index (Phi) is 7.49. The maximum atomic E-state index is 15.1. The van der Waals surface area contributed by atoms with Gasteiger partial charge in [0, 0.05) is 27.1 Å². The first-order valence-electron chi connectivity index (χ1n) is 15.0. The molecular weight excluding hydrogens is 775 g/mol. The molecule has 7 rings (SSSR count). The highest BCUT2D eigenvalue weighted by Crippen LogP contribution is 2.65. The fourth-order valence-electron chi connectivity index (χ4n) is 6.19. The van der Waals surface area contributed by atoms with Gasteiger partial charge in [0.15, 0.2) is 0 Å². The molecule has 0 spiro atoms. The molecule has 2 aromatic heterocycles. The van der Waals surface area contributed by atoms with Crippen LogP contribution < -0.4 is 0 Å². The van der Waals surface area contributed by atoms with Crippen LogP contribution in [0.5, 0.6) is 0 Å². The van der Waals surface area contributed by atoms with Crippen molar-refractivity contribution in [2.75, 3.05) is 0 Å². The summed E-state index contributed by atoms with van der Waals surface area (Å²) in [6.07, 6.45) is -7.82. The SMILES string of the molecule is Cc1ccc2cc3c(cc2c1)oc1cc2c(cc13)oc1cc3cc(C(F)(F)C(F)(F)C(F)(F)C(F)(F)C(F)(F)C(F)(F)C(F)(F)C(F)(F)F)ccc3cc12. The molecule has 2 nitrogen and oxygen atoms in total. The molecular formula is C35H15F17O2. The Morgan fingerprint density at radius 2 is 0.722 bits per heavy atom. The third-order valence-electron chi connectivity index (χ3n) is 9.22. The standard InChI is InChI=1S/C35H15F17O2/c1-14-2-3-15-8-20-22-12-27-23(13-26(22)53-24(20)10-17(15)6-14)21-9-16-4-5-19(7-18(16)11-25(21)54-27)28(36,37)29(38,39)30(40,41)31(42,43)32(44,45)33(46,47)34(48,49)35(50,51)52/h2-13H,1H3. The molecule has 7 aromatic rings. The summed E-state index contributed by atoms with van der Waals surface area (Å²) in [7, 11) is 0. The van der Waals surface area contributed by atoms with Crippen molar-refractivity contribution in [2.24, 2.45) is 0 Å². The molecule has 0 aliphatic rings. The molecule has 0 aliphatic heterocycles. The summed E-state index contributed by atoms with van der Waals surface area (Å²) in [5.74, 6) is -57.1. The van der Waals surface area contributed by atoms with E-state index in [4.69, 9.17) is 8.83 Å². The van der Waals surface area contributed by atoms with Crippen LogP contribution in [0.4, 0.5) is 74.6 Å². The van der Waals surface area contributed by atoms with Gasteiger partial charge in [-0.25, -0.2) is 0 Å². The van der Waals surface area contributed by atoms with E-state index in [1.165, 1.54) is 6.07 Å². The molecule has 0 bridgehead atoms. The van der Waals surface area contributed by atoms with Crippen LogP contribution in [0.15, 0.2) is 81.6 Å². The number of aryl methyl sites for hydroxylation is 1. The Bertz CT molecular complexity index is 2660. The summed E-state index contributed by atoms with van der Waals surface area (Å²) >= 11 is 0. The van der Waals surface area contributed by atoms with Crippen molar-refractivity contribution in [3.8, 4) is 0 Å². The van der Waals surface area contributed by atoms with Crippen LogP contribution in [-0.2, 0) is 5.92 Å². The van der Waals surface area contributed by atoms with Gasteiger partial charge in [-0.2, -0.15) is 74.6 Å². The first-order valence-corrected chi connectivity index (χ1v) is 15.0. The van der Waals surface area contributed by atoms with Crippen molar-refractivity contribution in [3.63, 3.8) is 0 Å². The van der Waals surface area contributed by atoms with Crippen LogP contribution in [0.25, 0.3) is 65.4 Å². The van der Waals surface area contributed by atoms with Crippen molar-refractivity contribution in [3.05, 3.63) is 83.9 Å². The first kappa shape index (κ1) is 37.3. The number of hydrogen-bond acceptors (Lipinski definition) is 2. The quantitative estimate of drug-likeness (QED) is 0.150. The van der Waals surface area contributed by atoms with Crippen molar-refractivity contribution < 1.29 is 83.5 Å². The minimum atomic E-state index is -8.70. The Hall–Kier alpha value is -4.97. The van der Waals surface area contributed by atoms with Crippen molar-refractivity contribution in [2.45, 2.75) is 54.6 Å². The van der Waals surface area contributed by atoms with Crippen LogP contribution in [-0.4, -0.2) is 41.7 Å². The van der Waals surface area contributed by atoms with E-state index >= 15 is 8.78 Å². The van der Waals surface area contributed by atoms with Crippen LogP contribution in [0.2, 0.25) is 0 Å². The van der Waals surface area contributed by atoms with E-state index in [2.05, 4.69) is 0 Å². The van der Waals surface area contributed by atoms with Gasteiger partial charge in [0.25, 0.3) is 0 Å². The summed E-state index contributed by atoms with van der Waals surface area (Å²) in [5.41, 5.74) is -0.334. The second-order valence-electron chi connectivity index (χ2n) is 12.7. The highest BCUT2D eigenvalue weighted by Gasteiger charge is 2.95. The third-order valence-corrected chi connectivity index (χ3v) is 9.22. The fraction of sp³-hybridized carbons (Fsp3) is 0.257. The van der Waals surface area contributed by atoms with Crippen molar-refractivity contribution in [1.82, 2.24) is 0 Å². The predicted octanol–water partition coefficient (Wildman–Crippen LogP) is 13.6. The maximum Gasteiger partial charge on any atom is 0.460 e. The zero-order valence-electron chi connectivity index (χ0n) is 26.2. The maximum absolute atomic E-state index is 15.1. The zero-order valence-corrected chi connectivity index (χ0v) is 26.2. The lowest BCUT2D eigenvalue weighted by Crippen LogP contribution is -2.74. The molecule has 0 fully saturated rings. The van der Waals surface area contributed by atoms with Gasteiger partial charge in [-0.15, -0.1) is 0 Å². The summed E-state index contributed by atoms with van der Waals surface area (Å²) in [6.45, 7) is 1.91. The minimum Gasteiger partial charge on any atom is -0.456 e. The largest absolute Gasteiger partial charge is 0.460 e. The van der Waals surface area contributed by atoms with Gasteiger partial charge >= 0.3 is 47.6 Å². The van der Waals surface area contributed by atoms with Gasteiger partial charge < -0.3 is 8.83 Å². The van der Waals surface area contributed by atoms with E-state index in [0.29, 0.717) is 33.4 Å². The first-order chi connectivity index (χ1) is 24.6. The molecule has 19 heteroatoms. The summed E-state index contributed by atoms with van der Waals surface area (Å²) in [5, 5.41) is 3.06. The van der Waals surface area contributed by atoms with E-state index in [1.807, 2.05) is 37.3 Å². The monoisotopic (exact) mass is 790 g/mol. The molecule has 0 saturated heterocycles. The zero-order chi connectivity index (χ0) is 40.0. The molecule has 0 N–H and O–H groups in total. The lowest BCUT2D eigenvalue weighted by molar-refractivity contribution is -0.462. The second-order valence-corrected chi connectivity index (χ2v) is 12.7. The van der Waals surface area contributed by atoms with Gasteiger partial charge in [0.1, 0.15) is 22.3 Å². The second kappa shape index (κ2) is 10.8. The number of halogens is 17.